The van der Waals surface area contributed by atoms with Crippen LogP contribution >= 0.6 is 15.9 Å². The van der Waals surface area contributed by atoms with Crippen molar-refractivity contribution >= 4 is 21.9 Å². The molecule has 1 rings (SSSR count). The molecule has 0 heterocycles. The van der Waals surface area contributed by atoms with Crippen molar-refractivity contribution in [2.75, 3.05) is 6.61 Å². The minimum Gasteiger partial charge on any atom is -0.493 e. The summed E-state index contributed by atoms with van der Waals surface area (Å²) >= 11 is 3.42. The molecule has 0 saturated heterocycles. The number of carboxylic acid groups (broad SMARTS) is 1. The number of ether oxygens (including phenoxy) is 1. The Hall–Kier alpha value is -1.03. The van der Waals surface area contributed by atoms with E-state index in [1.165, 1.54) is 0 Å². The van der Waals surface area contributed by atoms with Crippen LogP contribution in [-0.2, 0) is 4.79 Å². The van der Waals surface area contributed by atoms with Gasteiger partial charge < -0.3 is 9.84 Å². The van der Waals surface area contributed by atoms with Crippen molar-refractivity contribution in [2.45, 2.75) is 20.3 Å². The molecule has 4 heteroatoms. The van der Waals surface area contributed by atoms with Crippen LogP contribution in [0.5, 0.6) is 5.75 Å². The van der Waals surface area contributed by atoms with Crippen LogP contribution in [0.4, 0.5) is 0 Å². The molecule has 82 valence electrons. The first-order chi connectivity index (χ1) is 7.00. The van der Waals surface area contributed by atoms with E-state index in [0.717, 1.165) is 21.3 Å². The maximum Gasteiger partial charge on any atom is 0.306 e. The number of hydrogen-bond acceptors (Lipinski definition) is 2. The van der Waals surface area contributed by atoms with Gasteiger partial charge in [0.05, 0.1) is 13.0 Å². The highest BCUT2D eigenvalue weighted by Gasteiger charge is 2.04. The zero-order valence-corrected chi connectivity index (χ0v) is 10.3. The largest absolute Gasteiger partial charge is 0.493 e. The number of carboxylic acids is 1. The summed E-state index contributed by atoms with van der Waals surface area (Å²) in [6.45, 7) is 4.10. The van der Waals surface area contributed by atoms with Gasteiger partial charge in [-0.25, -0.2) is 0 Å². The summed E-state index contributed by atoms with van der Waals surface area (Å²) < 4.78 is 6.41. The highest BCUT2D eigenvalue weighted by atomic mass is 79.9. The molecule has 0 spiro atoms. The van der Waals surface area contributed by atoms with Crippen LogP contribution in [0.2, 0.25) is 0 Å². The Bertz CT molecular complexity index is 374. The summed E-state index contributed by atoms with van der Waals surface area (Å²) in [5.74, 6) is -0.0987. The number of hydrogen-bond donors (Lipinski definition) is 1. The number of aryl methyl sites for hydroxylation is 2. The van der Waals surface area contributed by atoms with Gasteiger partial charge in [-0.15, -0.1) is 0 Å². The van der Waals surface area contributed by atoms with E-state index in [1.807, 2.05) is 26.0 Å². The van der Waals surface area contributed by atoms with E-state index in [2.05, 4.69) is 15.9 Å². The molecule has 0 saturated carbocycles. The van der Waals surface area contributed by atoms with Crippen molar-refractivity contribution in [3.05, 3.63) is 27.7 Å². The molecule has 15 heavy (non-hydrogen) atoms. The Morgan fingerprint density at radius 1 is 1.40 bits per heavy atom. The molecule has 0 aromatic heterocycles. The molecule has 0 bridgehead atoms. The molecule has 0 unspecified atom stereocenters. The Balaban J connectivity index is 2.69. The highest BCUT2D eigenvalue weighted by Crippen LogP contribution is 2.26. The van der Waals surface area contributed by atoms with Gasteiger partial charge in [0.25, 0.3) is 0 Å². The molecule has 0 radical (unpaired) electrons. The number of aliphatic carboxylic acids is 1. The highest BCUT2D eigenvalue weighted by molar-refractivity contribution is 9.10. The quantitative estimate of drug-likeness (QED) is 0.917. The molecule has 1 N–H and O–H groups in total. The second kappa shape index (κ2) is 5.16. The van der Waals surface area contributed by atoms with Crippen molar-refractivity contribution in [1.82, 2.24) is 0 Å². The molecular weight excluding hydrogens is 260 g/mol. The smallest absolute Gasteiger partial charge is 0.306 e. The lowest BCUT2D eigenvalue weighted by Gasteiger charge is -2.10. The SMILES string of the molecule is Cc1cc(OCCC(=O)O)c(C)cc1Br. The van der Waals surface area contributed by atoms with Gasteiger partial charge in [0.1, 0.15) is 5.75 Å². The van der Waals surface area contributed by atoms with Gasteiger partial charge in [0.2, 0.25) is 0 Å². The molecule has 1 aromatic rings. The number of benzene rings is 1. The van der Waals surface area contributed by atoms with Crippen LogP contribution in [0.1, 0.15) is 17.5 Å². The molecular formula is C11H13BrO3. The molecule has 0 aliphatic heterocycles. The van der Waals surface area contributed by atoms with E-state index in [9.17, 15) is 4.79 Å². The summed E-state index contributed by atoms with van der Waals surface area (Å²) in [5.41, 5.74) is 2.07. The van der Waals surface area contributed by atoms with Gasteiger partial charge in [-0.3, -0.25) is 4.79 Å². The molecule has 0 atom stereocenters. The average molecular weight is 273 g/mol. The van der Waals surface area contributed by atoms with Crippen LogP contribution < -0.4 is 4.74 Å². The maximum absolute atomic E-state index is 10.3. The Labute approximate surface area is 97.2 Å². The topological polar surface area (TPSA) is 46.5 Å². The molecule has 0 aliphatic rings. The predicted octanol–water partition coefficient (Wildman–Crippen LogP) is 2.92. The van der Waals surface area contributed by atoms with Crippen molar-refractivity contribution in [3.8, 4) is 5.75 Å². The van der Waals surface area contributed by atoms with Gasteiger partial charge in [0.15, 0.2) is 0 Å². The van der Waals surface area contributed by atoms with Crippen LogP contribution in [0.25, 0.3) is 0 Å². The van der Waals surface area contributed by atoms with Crippen LogP contribution in [0.15, 0.2) is 16.6 Å². The minimum absolute atomic E-state index is 0.0224. The van der Waals surface area contributed by atoms with Crippen LogP contribution in [0.3, 0.4) is 0 Å². The van der Waals surface area contributed by atoms with Crippen molar-refractivity contribution < 1.29 is 14.6 Å². The molecule has 3 nitrogen and oxygen atoms in total. The summed E-state index contributed by atoms with van der Waals surface area (Å²) in [5, 5.41) is 8.47. The van der Waals surface area contributed by atoms with Crippen LogP contribution in [-0.4, -0.2) is 17.7 Å². The monoisotopic (exact) mass is 272 g/mol. The van der Waals surface area contributed by atoms with E-state index in [0.29, 0.717) is 0 Å². The van der Waals surface area contributed by atoms with Crippen molar-refractivity contribution in [2.24, 2.45) is 0 Å². The maximum atomic E-state index is 10.3. The van der Waals surface area contributed by atoms with Gasteiger partial charge in [0, 0.05) is 4.47 Å². The molecule has 1 aromatic carbocycles. The first kappa shape index (κ1) is 12.0. The van der Waals surface area contributed by atoms with Gasteiger partial charge in [-0.05, 0) is 37.1 Å². The fourth-order valence-electron chi connectivity index (χ4n) is 1.16. The first-order valence-corrected chi connectivity index (χ1v) is 5.41. The summed E-state index contributed by atoms with van der Waals surface area (Å²) in [6, 6.07) is 3.87. The average Bonchev–Trinajstić information content (AvgIpc) is 2.13. The first-order valence-electron chi connectivity index (χ1n) is 4.62. The Kier molecular flexibility index (Phi) is 4.15. The minimum atomic E-state index is -0.846. The van der Waals surface area contributed by atoms with Gasteiger partial charge >= 0.3 is 5.97 Å². The van der Waals surface area contributed by atoms with E-state index in [1.54, 1.807) is 0 Å². The zero-order chi connectivity index (χ0) is 11.4. The summed E-state index contributed by atoms with van der Waals surface area (Å²) in [4.78, 5) is 10.3. The lowest BCUT2D eigenvalue weighted by Crippen LogP contribution is -2.05. The normalized spacial score (nSPS) is 10.1. The molecule has 0 amide bonds. The fourth-order valence-corrected chi connectivity index (χ4v) is 1.62. The lowest BCUT2D eigenvalue weighted by molar-refractivity contribution is -0.137. The van der Waals surface area contributed by atoms with Crippen molar-refractivity contribution in [3.63, 3.8) is 0 Å². The molecule has 0 fully saturated rings. The zero-order valence-electron chi connectivity index (χ0n) is 8.71. The lowest BCUT2D eigenvalue weighted by atomic mass is 10.1. The van der Waals surface area contributed by atoms with E-state index in [-0.39, 0.29) is 13.0 Å². The predicted molar refractivity (Wildman–Crippen MR) is 61.4 cm³/mol. The third-order valence-electron chi connectivity index (χ3n) is 2.03. The third kappa shape index (κ3) is 3.55. The summed E-state index contributed by atoms with van der Waals surface area (Å²) in [7, 11) is 0. The van der Waals surface area contributed by atoms with Crippen LogP contribution in [0, 0.1) is 13.8 Å². The fraction of sp³-hybridized carbons (Fsp3) is 0.364. The standard InChI is InChI=1S/C11H13BrO3/c1-7-6-10(8(2)5-9(7)12)15-4-3-11(13)14/h5-6H,3-4H2,1-2H3,(H,13,14). The number of rotatable bonds is 4. The van der Waals surface area contributed by atoms with Gasteiger partial charge in [-0.1, -0.05) is 15.9 Å². The van der Waals surface area contributed by atoms with Crippen molar-refractivity contribution in [1.29, 1.82) is 0 Å². The van der Waals surface area contributed by atoms with E-state index in [4.69, 9.17) is 9.84 Å². The summed E-state index contributed by atoms with van der Waals surface area (Å²) in [6.07, 6.45) is 0.0224. The molecule has 0 aliphatic carbocycles. The van der Waals surface area contributed by atoms with E-state index < -0.39 is 5.97 Å². The number of halogens is 1. The van der Waals surface area contributed by atoms with E-state index >= 15 is 0 Å². The second-order valence-electron chi connectivity index (χ2n) is 3.36. The Morgan fingerprint density at radius 3 is 2.67 bits per heavy atom. The number of carbonyl (C=O) groups is 1. The van der Waals surface area contributed by atoms with Gasteiger partial charge in [-0.2, -0.15) is 0 Å². The Morgan fingerprint density at radius 2 is 2.07 bits per heavy atom. The third-order valence-corrected chi connectivity index (χ3v) is 2.88. The second-order valence-corrected chi connectivity index (χ2v) is 4.21.